The highest BCUT2D eigenvalue weighted by molar-refractivity contribution is 6.16. The molecular weight excluding hydrogens is 829 g/mol. The van der Waals surface area contributed by atoms with Crippen molar-refractivity contribution in [2.24, 2.45) is 0 Å². The van der Waals surface area contributed by atoms with Gasteiger partial charge < -0.3 is 18.3 Å². The molecule has 4 heterocycles. The van der Waals surface area contributed by atoms with Crippen LogP contribution < -0.4 is 0 Å². The molecule has 14 aromatic rings. The van der Waals surface area contributed by atoms with E-state index in [1.807, 2.05) is 12.1 Å². The third-order valence-corrected chi connectivity index (χ3v) is 14.0. The molecule has 0 aliphatic rings. The average Bonchev–Trinajstić information content (AvgIpc) is 4.13. The van der Waals surface area contributed by atoms with E-state index in [2.05, 4.69) is 231 Å². The van der Waals surface area contributed by atoms with Gasteiger partial charge in [-0.15, -0.1) is 0 Å². The SMILES string of the molecule is N#Cc1cc(C#N)cc(-c2cc(-n3c4ccccc4c4ccccc43)c(-n3c4ccccc4c4ccccc43)c(-n3c4ccccc4c4ccccc43)c2-n2c3ccccc3c3ccccc32)c1. The van der Waals surface area contributed by atoms with Crippen LogP contribution >= 0.6 is 0 Å². The van der Waals surface area contributed by atoms with Crippen LogP contribution in [0.15, 0.2) is 218 Å². The molecule has 0 atom stereocenters. The van der Waals surface area contributed by atoms with E-state index in [0.717, 1.165) is 121 Å². The largest absolute Gasteiger partial charge is 0.307 e. The van der Waals surface area contributed by atoms with E-state index in [0.29, 0.717) is 11.1 Å². The van der Waals surface area contributed by atoms with Crippen molar-refractivity contribution < 1.29 is 0 Å². The molecule has 0 amide bonds. The Kier molecular flexibility index (Phi) is 8.01. The van der Waals surface area contributed by atoms with Crippen molar-refractivity contribution in [2.45, 2.75) is 0 Å². The van der Waals surface area contributed by atoms with Gasteiger partial charge in [0, 0.05) is 48.7 Å². The lowest BCUT2D eigenvalue weighted by Crippen LogP contribution is -2.14. The summed E-state index contributed by atoms with van der Waals surface area (Å²) in [6.45, 7) is 0. The van der Waals surface area contributed by atoms with Gasteiger partial charge in [-0.05, 0) is 78.4 Å². The fraction of sp³-hybridized carbons (Fsp3) is 0. The van der Waals surface area contributed by atoms with Gasteiger partial charge in [-0.25, -0.2) is 0 Å². The maximum absolute atomic E-state index is 10.6. The maximum Gasteiger partial charge on any atom is 0.0992 e. The molecule has 14 rings (SSSR count). The topological polar surface area (TPSA) is 67.3 Å². The molecule has 68 heavy (non-hydrogen) atoms. The van der Waals surface area contributed by atoms with Crippen molar-refractivity contribution in [3.8, 4) is 46.0 Å². The molecule has 0 aliphatic heterocycles. The number of rotatable bonds is 5. The number of hydrogen-bond donors (Lipinski definition) is 0. The van der Waals surface area contributed by atoms with Crippen LogP contribution in [0.2, 0.25) is 0 Å². The van der Waals surface area contributed by atoms with E-state index in [1.165, 1.54) is 0 Å². The molecule has 6 nitrogen and oxygen atoms in total. The highest BCUT2D eigenvalue weighted by atomic mass is 15.1. The van der Waals surface area contributed by atoms with Gasteiger partial charge in [0.2, 0.25) is 0 Å². The van der Waals surface area contributed by atoms with Crippen LogP contribution in [0, 0.1) is 22.7 Å². The summed E-state index contributed by atoms with van der Waals surface area (Å²) in [4.78, 5) is 0. The van der Waals surface area contributed by atoms with Crippen molar-refractivity contribution in [1.29, 1.82) is 10.5 Å². The second-order valence-corrected chi connectivity index (χ2v) is 17.5. The van der Waals surface area contributed by atoms with E-state index in [9.17, 15) is 10.5 Å². The first-order valence-electron chi connectivity index (χ1n) is 22.8. The third-order valence-electron chi connectivity index (χ3n) is 14.0. The van der Waals surface area contributed by atoms with Crippen LogP contribution in [-0.2, 0) is 0 Å². The molecule has 0 saturated heterocycles. The first kappa shape index (κ1) is 37.7. The van der Waals surface area contributed by atoms with Gasteiger partial charge in [0.05, 0.1) is 90.1 Å². The van der Waals surface area contributed by atoms with Crippen LogP contribution in [0.5, 0.6) is 0 Å². The zero-order valence-corrected chi connectivity index (χ0v) is 36.5. The lowest BCUT2D eigenvalue weighted by Gasteiger charge is -2.28. The van der Waals surface area contributed by atoms with Gasteiger partial charge in [-0.2, -0.15) is 10.5 Å². The molecule has 4 aromatic heterocycles. The normalized spacial score (nSPS) is 11.8. The Morgan fingerprint density at radius 3 is 0.838 bits per heavy atom. The Morgan fingerprint density at radius 1 is 0.265 bits per heavy atom. The molecular formula is C62H36N6. The Bertz CT molecular complexity index is 4290. The zero-order valence-electron chi connectivity index (χ0n) is 36.5. The molecule has 0 N–H and O–H groups in total. The molecule has 0 radical (unpaired) electrons. The summed E-state index contributed by atoms with van der Waals surface area (Å²) in [7, 11) is 0. The Morgan fingerprint density at radius 2 is 0.529 bits per heavy atom. The number of para-hydroxylation sites is 8. The average molecular weight is 865 g/mol. The fourth-order valence-corrected chi connectivity index (χ4v) is 11.3. The smallest absolute Gasteiger partial charge is 0.0992 e. The molecule has 0 bridgehead atoms. The fourth-order valence-electron chi connectivity index (χ4n) is 11.3. The quantitative estimate of drug-likeness (QED) is 0.173. The van der Waals surface area contributed by atoms with Crippen molar-refractivity contribution >= 4 is 87.2 Å². The summed E-state index contributed by atoms with van der Waals surface area (Å²) in [6, 6.07) is 82.2. The number of benzene rings is 10. The van der Waals surface area contributed by atoms with Crippen molar-refractivity contribution in [3.05, 3.63) is 230 Å². The predicted octanol–water partition coefficient (Wildman–Crippen LogP) is 15.5. The van der Waals surface area contributed by atoms with Crippen molar-refractivity contribution in [2.75, 3.05) is 0 Å². The Hall–Kier alpha value is -9.62. The highest BCUT2D eigenvalue weighted by Crippen LogP contribution is 2.50. The van der Waals surface area contributed by atoms with E-state index in [1.54, 1.807) is 6.07 Å². The van der Waals surface area contributed by atoms with E-state index < -0.39 is 0 Å². The van der Waals surface area contributed by atoms with Gasteiger partial charge in [0.15, 0.2) is 0 Å². The van der Waals surface area contributed by atoms with Crippen LogP contribution in [-0.4, -0.2) is 18.3 Å². The second kappa shape index (κ2) is 14.4. The van der Waals surface area contributed by atoms with Gasteiger partial charge in [-0.3, -0.25) is 0 Å². The van der Waals surface area contributed by atoms with Gasteiger partial charge in [0.1, 0.15) is 0 Å². The van der Waals surface area contributed by atoms with E-state index in [4.69, 9.17) is 0 Å². The van der Waals surface area contributed by atoms with Crippen LogP contribution in [0.25, 0.3) is 121 Å². The van der Waals surface area contributed by atoms with E-state index >= 15 is 0 Å². The minimum Gasteiger partial charge on any atom is -0.307 e. The standard InChI is InChI=1S/C62H36N6/c63-37-39-33-40(38-64)35-41(34-39)50-36-59(65-51-25-9-1-17-42(51)43-18-2-10-26-52(43)65)61(67-55-29-13-5-21-46(55)47-22-6-14-30-56(47)67)62(68-57-31-15-7-23-48(57)49-24-8-16-32-58(49)68)60(50)66-53-27-11-3-19-44(53)45-20-4-12-28-54(45)66/h1-36H. The summed E-state index contributed by atoms with van der Waals surface area (Å²) < 4.78 is 9.81. The first-order valence-corrected chi connectivity index (χ1v) is 22.8. The summed E-state index contributed by atoms with van der Waals surface area (Å²) in [5, 5.41) is 30.4. The summed E-state index contributed by atoms with van der Waals surface area (Å²) in [6.07, 6.45) is 0. The summed E-state index contributed by atoms with van der Waals surface area (Å²) in [5.74, 6) is 0. The predicted molar refractivity (Wildman–Crippen MR) is 279 cm³/mol. The molecule has 0 unspecified atom stereocenters. The second-order valence-electron chi connectivity index (χ2n) is 17.5. The highest BCUT2D eigenvalue weighted by Gasteiger charge is 2.32. The van der Waals surface area contributed by atoms with Crippen LogP contribution in [0.4, 0.5) is 0 Å². The number of aromatic nitrogens is 4. The first-order chi connectivity index (χ1) is 33.7. The molecule has 0 saturated carbocycles. The molecule has 0 spiro atoms. The Balaban J connectivity index is 1.36. The molecule has 10 aromatic carbocycles. The number of fused-ring (bicyclic) bond motifs is 12. The maximum atomic E-state index is 10.6. The van der Waals surface area contributed by atoms with Crippen molar-refractivity contribution in [1.82, 2.24) is 18.3 Å². The van der Waals surface area contributed by atoms with Gasteiger partial charge >= 0.3 is 0 Å². The number of hydrogen-bond acceptors (Lipinski definition) is 2. The van der Waals surface area contributed by atoms with Crippen molar-refractivity contribution in [3.63, 3.8) is 0 Å². The van der Waals surface area contributed by atoms with Gasteiger partial charge in [-0.1, -0.05) is 146 Å². The number of nitrogens with zero attached hydrogens (tertiary/aromatic N) is 6. The monoisotopic (exact) mass is 864 g/mol. The third kappa shape index (κ3) is 5.20. The minimum absolute atomic E-state index is 0.413. The zero-order chi connectivity index (χ0) is 45.0. The minimum atomic E-state index is 0.413. The molecule has 314 valence electrons. The summed E-state index contributed by atoms with van der Waals surface area (Å²) >= 11 is 0. The van der Waals surface area contributed by atoms with Crippen LogP contribution in [0.3, 0.4) is 0 Å². The van der Waals surface area contributed by atoms with E-state index in [-0.39, 0.29) is 0 Å². The summed E-state index contributed by atoms with van der Waals surface area (Å²) in [5.41, 5.74) is 14.6. The molecule has 0 aliphatic carbocycles. The van der Waals surface area contributed by atoms with Crippen LogP contribution in [0.1, 0.15) is 11.1 Å². The molecule has 0 fully saturated rings. The Labute approximate surface area is 389 Å². The van der Waals surface area contributed by atoms with Gasteiger partial charge in [0.25, 0.3) is 0 Å². The molecule has 6 heteroatoms. The number of nitriles is 2. The lowest BCUT2D eigenvalue weighted by molar-refractivity contribution is 1.02. The lowest BCUT2D eigenvalue weighted by atomic mass is 9.95.